The quantitative estimate of drug-likeness (QED) is 0.467. The Labute approximate surface area is 234 Å². The number of amides is 4. The number of azo groups is 1. The number of carbonyl (C=O) groups is 4. The molecule has 0 aromatic heterocycles. The molecule has 11 heteroatoms. The van der Waals surface area contributed by atoms with E-state index >= 15 is 0 Å². The van der Waals surface area contributed by atoms with E-state index in [1.54, 1.807) is 74.2 Å². The van der Waals surface area contributed by atoms with Gasteiger partial charge in [0, 0.05) is 31.4 Å². The van der Waals surface area contributed by atoms with Crippen LogP contribution in [0.5, 0.6) is 0 Å². The van der Waals surface area contributed by atoms with Crippen LogP contribution >= 0.6 is 0 Å². The average Bonchev–Trinajstić information content (AvgIpc) is 3.59. The summed E-state index contributed by atoms with van der Waals surface area (Å²) < 4.78 is 5.44. The van der Waals surface area contributed by atoms with E-state index < -0.39 is 23.8 Å². The molecule has 2 atom stereocenters. The summed E-state index contributed by atoms with van der Waals surface area (Å²) in [7, 11) is 0. The Morgan fingerprint density at radius 3 is 1.60 bits per heavy atom. The predicted molar refractivity (Wildman–Crippen MR) is 151 cm³/mol. The van der Waals surface area contributed by atoms with Gasteiger partial charge >= 0.3 is 6.09 Å². The fourth-order valence-electron chi connectivity index (χ4n) is 4.78. The molecule has 2 unspecified atom stereocenters. The molecule has 2 fully saturated rings. The van der Waals surface area contributed by atoms with Crippen LogP contribution < -0.4 is 10.6 Å². The molecular formula is C29H36N6O5. The fraction of sp³-hybridized carbons (Fsp3) is 0.448. The third-order valence-corrected chi connectivity index (χ3v) is 6.69. The first kappa shape index (κ1) is 28.7. The zero-order valence-corrected chi connectivity index (χ0v) is 23.3. The highest BCUT2D eigenvalue weighted by Crippen LogP contribution is 2.25. The number of rotatable bonds is 6. The summed E-state index contributed by atoms with van der Waals surface area (Å²) in [6.07, 6.45) is 2.31. The number of hydrogen-bond acceptors (Lipinski definition) is 7. The number of carbonyl (C=O) groups excluding carboxylic acids is 4. The molecule has 40 heavy (non-hydrogen) atoms. The summed E-state index contributed by atoms with van der Waals surface area (Å²) >= 11 is 0. The Bertz CT molecular complexity index is 1270. The summed E-state index contributed by atoms with van der Waals surface area (Å²) in [5.41, 5.74) is 1.78. The maximum atomic E-state index is 12.9. The van der Waals surface area contributed by atoms with Gasteiger partial charge in [-0.3, -0.25) is 19.3 Å². The molecular weight excluding hydrogens is 512 g/mol. The number of nitrogens with zero attached hydrogens (tertiary/aromatic N) is 4. The van der Waals surface area contributed by atoms with E-state index in [4.69, 9.17) is 4.74 Å². The zero-order chi connectivity index (χ0) is 28.9. The second-order valence-electron chi connectivity index (χ2n) is 11.0. The third-order valence-electron chi connectivity index (χ3n) is 6.69. The van der Waals surface area contributed by atoms with Gasteiger partial charge in [0.15, 0.2) is 0 Å². The van der Waals surface area contributed by atoms with Crippen molar-refractivity contribution in [3.05, 3.63) is 48.5 Å². The molecule has 2 aromatic rings. The van der Waals surface area contributed by atoms with Crippen LogP contribution in [0, 0.1) is 0 Å². The van der Waals surface area contributed by atoms with E-state index in [-0.39, 0.29) is 17.7 Å². The number of ether oxygens (including phenoxy) is 1. The van der Waals surface area contributed by atoms with E-state index in [2.05, 4.69) is 20.9 Å². The molecule has 4 rings (SSSR count). The van der Waals surface area contributed by atoms with Gasteiger partial charge in [-0.05, 0) is 95.0 Å². The van der Waals surface area contributed by atoms with Crippen molar-refractivity contribution in [1.29, 1.82) is 0 Å². The Morgan fingerprint density at radius 2 is 1.18 bits per heavy atom. The molecule has 212 valence electrons. The van der Waals surface area contributed by atoms with Gasteiger partial charge in [0.05, 0.1) is 11.4 Å². The number of benzene rings is 2. The predicted octanol–water partition coefficient (Wildman–Crippen LogP) is 5.39. The highest BCUT2D eigenvalue weighted by molar-refractivity contribution is 5.98. The largest absolute Gasteiger partial charge is 0.444 e. The van der Waals surface area contributed by atoms with Crippen LogP contribution in [0.25, 0.3) is 0 Å². The normalized spacial score (nSPS) is 19.1. The summed E-state index contributed by atoms with van der Waals surface area (Å²) in [6.45, 7) is 7.96. The summed E-state index contributed by atoms with van der Waals surface area (Å²) in [6, 6.07) is 12.9. The van der Waals surface area contributed by atoms with Crippen LogP contribution in [-0.4, -0.2) is 64.4 Å². The molecule has 2 aliphatic rings. The molecule has 4 amide bonds. The zero-order valence-electron chi connectivity index (χ0n) is 23.3. The van der Waals surface area contributed by atoms with Crippen LogP contribution in [0.1, 0.15) is 53.4 Å². The molecule has 2 N–H and O–H groups in total. The van der Waals surface area contributed by atoms with Gasteiger partial charge in [0.25, 0.3) is 0 Å². The van der Waals surface area contributed by atoms with Gasteiger partial charge in [0.1, 0.15) is 17.7 Å². The highest BCUT2D eigenvalue weighted by Gasteiger charge is 2.36. The van der Waals surface area contributed by atoms with Crippen LogP contribution in [0.2, 0.25) is 0 Å². The van der Waals surface area contributed by atoms with Crippen LogP contribution in [0.3, 0.4) is 0 Å². The van der Waals surface area contributed by atoms with Gasteiger partial charge < -0.3 is 20.3 Å². The van der Waals surface area contributed by atoms with E-state index in [0.717, 1.165) is 12.8 Å². The fourth-order valence-corrected chi connectivity index (χ4v) is 4.78. The number of nitrogens with one attached hydrogen (secondary N) is 2. The summed E-state index contributed by atoms with van der Waals surface area (Å²) in [5.74, 6) is -0.547. The summed E-state index contributed by atoms with van der Waals surface area (Å²) in [5, 5.41) is 14.2. The lowest BCUT2D eigenvalue weighted by molar-refractivity contribution is -0.134. The first-order valence-corrected chi connectivity index (χ1v) is 13.5. The second-order valence-corrected chi connectivity index (χ2v) is 11.0. The van der Waals surface area contributed by atoms with Gasteiger partial charge in [-0.15, -0.1) is 0 Å². The Kier molecular flexibility index (Phi) is 8.81. The van der Waals surface area contributed by atoms with Crippen LogP contribution in [-0.2, 0) is 19.1 Å². The third kappa shape index (κ3) is 7.43. The van der Waals surface area contributed by atoms with Crippen molar-refractivity contribution in [2.45, 2.75) is 71.1 Å². The molecule has 0 bridgehead atoms. The molecule has 0 radical (unpaired) electrons. The molecule has 11 nitrogen and oxygen atoms in total. The average molecular weight is 549 g/mol. The first-order chi connectivity index (χ1) is 19.0. The molecule has 0 spiro atoms. The minimum absolute atomic E-state index is 0.0949. The minimum atomic E-state index is -0.627. The highest BCUT2D eigenvalue weighted by atomic mass is 16.6. The standard InChI is InChI=1S/C29H36N6O5/c1-19(36)34-17-5-7-24(34)26(37)30-20-9-13-22(14-10-20)32-33-23-15-11-21(12-16-23)31-27(38)25-8-6-18-35(25)28(39)40-29(2,3)4/h9-16,24-25H,5-8,17-18H2,1-4H3,(H,30,37)(H,31,38). The van der Waals surface area contributed by atoms with Gasteiger partial charge in [-0.1, -0.05) is 0 Å². The Balaban J connectivity index is 1.29. The SMILES string of the molecule is CC(=O)N1CCCC1C(=O)Nc1ccc(N=Nc2ccc(NC(=O)C3CCCN3C(=O)OC(C)(C)C)cc2)cc1. The van der Waals surface area contributed by atoms with E-state index in [1.165, 1.54) is 11.8 Å². The molecule has 0 aliphatic carbocycles. The maximum Gasteiger partial charge on any atom is 0.410 e. The molecule has 0 saturated carbocycles. The molecule has 2 heterocycles. The van der Waals surface area contributed by atoms with Crippen molar-refractivity contribution in [1.82, 2.24) is 9.80 Å². The van der Waals surface area contributed by atoms with Crippen molar-refractivity contribution >= 4 is 46.6 Å². The lowest BCUT2D eigenvalue weighted by Gasteiger charge is -2.28. The smallest absolute Gasteiger partial charge is 0.410 e. The van der Waals surface area contributed by atoms with Crippen molar-refractivity contribution in [3.8, 4) is 0 Å². The van der Waals surface area contributed by atoms with Crippen LogP contribution in [0.15, 0.2) is 58.8 Å². The van der Waals surface area contributed by atoms with E-state index in [9.17, 15) is 19.2 Å². The van der Waals surface area contributed by atoms with Gasteiger partial charge in [-0.25, -0.2) is 4.79 Å². The number of anilines is 2. The van der Waals surface area contributed by atoms with E-state index in [1.807, 2.05) is 0 Å². The van der Waals surface area contributed by atoms with Gasteiger partial charge in [0.2, 0.25) is 17.7 Å². The number of hydrogen-bond donors (Lipinski definition) is 2. The van der Waals surface area contributed by atoms with Crippen molar-refractivity contribution in [2.75, 3.05) is 23.7 Å². The lowest BCUT2D eigenvalue weighted by Crippen LogP contribution is -2.45. The van der Waals surface area contributed by atoms with Crippen molar-refractivity contribution in [3.63, 3.8) is 0 Å². The van der Waals surface area contributed by atoms with Gasteiger partial charge in [-0.2, -0.15) is 10.2 Å². The van der Waals surface area contributed by atoms with Crippen molar-refractivity contribution < 1.29 is 23.9 Å². The topological polar surface area (TPSA) is 133 Å². The Morgan fingerprint density at radius 1 is 0.750 bits per heavy atom. The van der Waals surface area contributed by atoms with E-state index in [0.29, 0.717) is 48.7 Å². The molecule has 2 aromatic carbocycles. The monoisotopic (exact) mass is 548 g/mol. The minimum Gasteiger partial charge on any atom is -0.444 e. The summed E-state index contributed by atoms with van der Waals surface area (Å²) in [4.78, 5) is 52.7. The lowest BCUT2D eigenvalue weighted by atomic mass is 10.2. The first-order valence-electron chi connectivity index (χ1n) is 13.5. The van der Waals surface area contributed by atoms with Crippen molar-refractivity contribution in [2.24, 2.45) is 10.2 Å². The maximum absolute atomic E-state index is 12.9. The molecule has 2 aliphatic heterocycles. The second kappa shape index (κ2) is 12.3. The number of likely N-dealkylation sites (tertiary alicyclic amines) is 2. The Hall–Kier alpha value is -4.28. The van der Waals surface area contributed by atoms with Crippen LogP contribution in [0.4, 0.5) is 27.5 Å². The molecule has 2 saturated heterocycles.